The predicted octanol–water partition coefficient (Wildman–Crippen LogP) is 13.4. The third-order valence-electron chi connectivity index (χ3n) is 12.4. The summed E-state index contributed by atoms with van der Waals surface area (Å²) in [7, 11) is 0. The summed E-state index contributed by atoms with van der Waals surface area (Å²) in [6.45, 7) is 0. The van der Waals surface area contributed by atoms with Gasteiger partial charge in [-0.3, -0.25) is 9.13 Å². The van der Waals surface area contributed by atoms with E-state index in [0.717, 1.165) is 54.7 Å². The molecule has 268 valence electrons. The molecule has 0 radical (unpaired) electrons. The van der Waals surface area contributed by atoms with Crippen molar-refractivity contribution in [1.82, 2.24) is 23.5 Å². The molecule has 14 aromatic rings. The van der Waals surface area contributed by atoms with Gasteiger partial charge >= 0.3 is 0 Å². The van der Waals surface area contributed by atoms with Gasteiger partial charge in [-0.2, -0.15) is 4.98 Å². The second-order valence-electron chi connectivity index (χ2n) is 15.3. The van der Waals surface area contributed by atoms with Crippen LogP contribution in [-0.2, 0) is 0 Å². The molecule has 0 aliphatic rings. The third-order valence-corrected chi connectivity index (χ3v) is 12.4. The lowest BCUT2D eigenvalue weighted by molar-refractivity contribution is 0.661. The number of para-hydroxylation sites is 5. The van der Waals surface area contributed by atoms with Crippen LogP contribution in [0.15, 0.2) is 180 Å². The molecule has 0 spiro atoms. The quantitative estimate of drug-likeness (QED) is 0.181. The van der Waals surface area contributed by atoms with Crippen molar-refractivity contribution in [3.63, 3.8) is 0 Å². The number of hydrogen-bond acceptors (Lipinski definition) is 3. The maximum atomic E-state index is 6.84. The number of fused-ring (bicyclic) bond motifs is 16. The van der Waals surface area contributed by atoms with Crippen molar-refractivity contribution in [2.45, 2.75) is 0 Å². The molecule has 0 aliphatic heterocycles. The monoisotopic (exact) mass is 739 g/mol. The first-order chi connectivity index (χ1) is 28.8. The third kappa shape index (κ3) is 3.76. The van der Waals surface area contributed by atoms with Crippen molar-refractivity contribution in [3.05, 3.63) is 176 Å². The topological polar surface area (TPSA) is 53.2 Å². The summed E-state index contributed by atoms with van der Waals surface area (Å²) in [4.78, 5) is 11.0. The lowest BCUT2D eigenvalue weighted by Gasteiger charge is -2.12. The van der Waals surface area contributed by atoms with Crippen LogP contribution in [-0.4, -0.2) is 23.5 Å². The molecule has 0 atom stereocenters. The Bertz CT molecular complexity index is 3980. The molecular weight excluding hydrogens is 711 g/mol. The Labute approximate surface area is 329 Å². The number of hydrogen-bond donors (Lipinski definition) is 0. The van der Waals surface area contributed by atoms with Crippen LogP contribution in [0.1, 0.15) is 0 Å². The van der Waals surface area contributed by atoms with Crippen molar-refractivity contribution in [2.24, 2.45) is 0 Å². The van der Waals surface area contributed by atoms with Crippen molar-refractivity contribution in [2.75, 3.05) is 0 Å². The van der Waals surface area contributed by atoms with Crippen molar-refractivity contribution in [3.8, 4) is 22.9 Å². The minimum atomic E-state index is 0.595. The molecule has 0 unspecified atom stereocenters. The molecule has 0 bridgehead atoms. The Morgan fingerprint density at radius 3 is 1.69 bits per heavy atom. The summed E-state index contributed by atoms with van der Waals surface area (Å²) >= 11 is 0. The Morgan fingerprint density at radius 2 is 0.948 bits per heavy atom. The largest absolute Gasteiger partial charge is 0.450 e. The standard InChI is InChI=1S/C52H29N5O/c1-2-14-30(15-3-1)31-26-27-44-37(28-31)39-29-38-34-18-6-11-23-42(34)57(49(38)46-35-19-7-12-24-43(35)55(44)48(39)46)51-50-47(36-20-8-13-25-45(36)58-50)53-52(54-51)56-40-21-9-4-16-32(40)33-17-5-10-22-41(33)56/h1-29H. The zero-order valence-corrected chi connectivity index (χ0v) is 30.9. The highest BCUT2D eigenvalue weighted by Gasteiger charge is 2.28. The van der Waals surface area contributed by atoms with Gasteiger partial charge in [0.2, 0.25) is 5.95 Å². The normalized spacial score (nSPS) is 12.5. The fourth-order valence-corrected chi connectivity index (χ4v) is 9.99. The van der Waals surface area contributed by atoms with Gasteiger partial charge in [0.05, 0.1) is 38.6 Å². The van der Waals surface area contributed by atoms with Crippen LogP contribution in [0.2, 0.25) is 0 Å². The first-order valence-electron chi connectivity index (χ1n) is 19.7. The van der Waals surface area contributed by atoms with Gasteiger partial charge in [-0.05, 0) is 65.7 Å². The van der Waals surface area contributed by atoms with Crippen molar-refractivity contribution in [1.29, 1.82) is 0 Å². The minimum absolute atomic E-state index is 0.595. The number of nitrogens with zero attached hydrogens (tertiary/aromatic N) is 5. The highest BCUT2D eigenvalue weighted by atomic mass is 16.3. The average Bonchev–Trinajstić information content (AvgIpc) is 4.08. The molecule has 0 saturated carbocycles. The maximum absolute atomic E-state index is 6.84. The molecule has 0 fully saturated rings. The molecule has 0 N–H and O–H groups in total. The summed E-state index contributed by atoms with van der Waals surface area (Å²) in [5.41, 5.74) is 12.5. The molecule has 6 heteroatoms. The highest BCUT2D eigenvalue weighted by molar-refractivity contribution is 6.34. The highest BCUT2D eigenvalue weighted by Crippen LogP contribution is 2.48. The number of aromatic nitrogens is 5. The Kier molecular flexibility index (Phi) is 5.68. The molecule has 14 rings (SSSR count). The van der Waals surface area contributed by atoms with Gasteiger partial charge in [-0.1, -0.05) is 121 Å². The van der Waals surface area contributed by atoms with Gasteiger partial charge in [0.15, 0.2) is 11.4 Å². The fraction of sp³-hybridized carbons (Fsp3) is 0. The first kappa shape index (κ1) is 30.3. The van der Waals surface area contributed by atoms with Crippen LogP contribution in [0.3, 0.4) is 0 Å². The van der Waals surface area contributed by atoms with Crippen LogP contribution >= 0.6 is 0 Å². The predicted molar refractivity (Wildman–Crippen MR) is 238 cm³/mol. The summed E-state index contributed by atoms with van der Waals surface area (Å²) in [6, 6.07) is 62.8. The lowest BCUT2D eigenvalue weighted by atomic mass is 10.00. The summed E-state index contributed by atoms with van der Waals surface area (Å²) in [5.74, 6) is 1.30. The molecule has 6 heterocycles. The van der Waals surface area contributed by atoms with E-state index in [1.807, 2.05) is 12.1 Å². The Hall–Kier alpha value is -7.96. The van der Waals surface area contributed by atoms with Crippen LogP contribution in [0.25, 0.3) is 127 Å². The van der Waals surface area contributed by atoms with Crippen LogP contribution in [0, 0.1) is 0 Å². The first-order valence-corrected chi connectivity index (χ1v) is 19.7. The second-order valence-corrected chi connectivity index (χ2v) is 15.3. The molecule has 0 amide bonds. The van der Waals surface area contributed by atoms with Crippen molar-refractivity contribution < 1.29 is 4.42 Å². The van der Waals surface area contributed by atoms with E-state index in [1.54, 1.807) is 0 Å². The Balaban J connectivity index is 1.19. The second kappa shape index (κ2) is 10.9. The Morgan fingerprint density at radius 1 is 0.379 bits per heavy atom. The van der Waals surface area contributed by atoms with E-state index < -0.39 is 0 Å². The van der Waals surface area contributed by atoms with E-state index in [1.165, 1.54) is 54.6 Å². The average molecular weight is 740 g/mol. The number of furan rings is 1. The zero-order valence-electron chi connectivity index (χ0n) is 30.9. The smallest absolute Gasteiger partial charge is 0.237 e. The van der Waals surface area contributed by atoms with E-state index in [-0.39, 0.29) is 0 Å². The van der Waals surface area contributed by atoms with Crippen LogP contribution < -0.4 is 0 Å². The molecular formula is C52H29N5O. The SMILES string of the molecule is c1ccc(-c2ccc3c(c2)c2cc4c5ccccc5n(-c5nc(-n6c7ccccc7c7ccccc76)nc6c5oc5ccccc56)c4c4c5ccccc5n3c24)cc1. The van der Waals surface area contributed by atoms with Gasteiger partial charge in [0.25, 0.3) is 0 Å². The van der Waals surface area contributed by atoms with Gasteiger partial charge in [-0.25, -0.2) is 4.98 Å². The van der Waals surface area contributed by atoms with Gasteiger partial charge in [0, 0.05) is 48.5 Å². The van der Waals surface area contributed by atoms with Crippen LogP contribution in [0.5, 0.6) is 0 Å². The maximum Gasteiger partial charge on any atom is 0.237 e. The summed E-state index contributed by atoms with van der Waals surface area (Å²) in [5, 5.41) is 10.5. The van der Waals surface area contributed by atoms with Gasteiger partial charge in [-0.15, -0.1) is 0 Å². The van der Waals surface area contributed by atoms with Gasteiger partial charge in [0.1, 0.15) is 11.1 Å². The molecule has 8 aromatic carbocycles. The van der Waals surface area contributed by atoms with E-state index in [0.29, 0.717) is 17.3 Å². The van der Waals surface area contributed by atoms with E-state index in [9.17, 15) is 0 Å². The van der Waals surface area contributed by atoms with Gasteiger partial charge < -0.3 is 8.82 Å². The molecule has 0 aliphatic carbocycles. The molecule has 6 nitrogen and oxygen atoms in total. The molecule has 6 aromatic heterocycles. The summed E-state index contributed by atoms with van der Waals surface area (Å²) < 4.78 is 13.9. The van der Waals surface area contributed by atoms with E-state index in [2.05, 4.69) is 177 Å². The summed E-state index contributed by atoms with van der Waals surface area (Å²) in [6.07, 6.45) is 0. The number of rotatable bonds is 3. The lowest BCUT2D eigenvalue weighted by Crippen LogP contribution is -2.06. The van der Waals surface area contributed by atoms with Crippen LogP contribution in [0.4, 0.5) is 0 Å². The van der Waals surface area contributed by atoms with E-state index in [4.69, 9.17) is 14.4 Å². The molecule has 58 heavy (non-hydrogen) atoms. The number of benzene rings is 8. The zero-order chi connectivity index (χ0) is 37.6. The fourth-order valence-electron chi connectivity index (χ4n) is 9.99. The van der Waals surface area contributed by atoms with E-state index >= 15 is 0 Å². The van der Waals surface area contributed by atoms with Crippen molar-refractivity contribution >= 4 is 104 Å². The minimum Gasteiger partial charge on any atom is -0.450 e. The molecule has 0 saturated heterocycles.